The predicted molar refractivity (Wildman–Crippen MR) is 228 cm³/mol. The standard InChI is InChI=1S/C50H29N5O/c1-52-41-30-46(32(31-51)28-47(41)54-42-21-11-8-18-36(42)37-19-9-12-22-43(37)54)55-44-26-24-35(53(33-14-4-2-5-15-33)34-16-6-3-7-17-34)29-40(44)49-45(55)27-25-39-38-20-10-13-23-48(38)56-50(39)49/h2-30H. The molecule has 0 fully saturated rings. The van der Waals surface area contributed by atoms with Crippen LogP contribution in [0.25, 0.3) is 81.8 Å². The molecule has 11 aromatic rings. The first-order valence-corrected chi connectivity index (χ1v) is 18.4. The van der Waals surface area contributed by atoms with E-state index in [-0.39, 0.29) is 0 Å². The van der Waals surface area contributed by atoms with Gasteiger partial charge in [-0.2, -0.15) is 5.26 Å². The average molecular weight is 716 g/mol. The molecule has 0 atom stereocenters. The van der Waals surface area contributed by atoms with E-state index >= 15 is 0 Å². The molecule has 260 valence electrons. The molecular weight excluding hydrogens is 687 g/mol. The van der Waals surface area contributed by atoms with Crippen LogP contribution in [0.15, 0.2) is 180 Å². The summed E-state index contributed by atoms with van der Waals surface area (Å²) in [6.07, 6.45) is 0. The Bertz CT molecular complexity index is 3360. The Morgan fingerprint density at radius 3 is 1.73 bits per heavy atom. The lowest BCUT2D eigenvalue weighted by Gasteiger charge is -2.25. The van der Waals surface area contributed by atoms with Gasteiger partial charge in [0.05, 0.1) is 51.0 Å². The van der Waals surface area contributed by atoms with Gasteiger partial charge in [0, 0.05) is 44.0 Å². The van der Waals surface area contributed by atoms with Gasteiger partial charge in [-0.05, 0) is 84.9 Å². The number of furan rings is 1. The molecule has 6 heteroatoms. The van der Waals surface area contributed by atoms with Crippen LogP contribution in [0.4, 0.5) is 22.7 Å². The zero-order chi connectivity index (χ0) is 37.3. The van der Waals surface area contributed by atoms with Crippen LogP contribution in [0.2, 0.25) is 0 Å². The highest BCUT2D eigenvalue weighted by Crippen LogP contribution is 2.45. The van der Waals surface area contributed by atoms with Crippen LogP contribution < -0.4 is 4.90 Å². The Labute approximate surface area is 321 Å². The maximum absolute atomic E-state index is 10.9. The molecule has 3 heterocycles. The van der Waals surface area contributed by atoms with Crippen molar-refractivity contribution in [3.8, 4) is 17.4 Å². The summed E-state index contributed by atoms with van der Waals surface area (Å²) in [6.45, 7) is 8.49. The summed E-state index contributed by atoms with van der Waals surface area (Å²) in [4.78, 5) is 6.36. The van der Waals surface area contributed by atoms with Crippen LogP contribution in [0.1, 0.15) is 5.56 Å². The van der Waals surface area contributed by atoms with Crippen LogP contribution in [0.3, 0.4) is 0 Å². The monoisotopic (exact) mass is 715 g/mol. The zero-order valence-corrected chi connectivity index (χ0v) is 29.9. The number of rotatable bonds is 5. The second-order valence-corrected chi connectivity index (χ2v) is 13.9. The van der Waals surface area contributed by atoms with Gasteiger partial charge in [-0.3, -0.25) is 0 Å². The molecule has 8 aromatic carbocycles. The quantitative estimate of drug-likeness (QED) is 0.167. The normalized spacial score (nSPS) is 11.5. The van der Waals surface area contributed by atoms with Gasteiger partial charge in [0.1, 0.15) is 17.2 Å². The summed E-state index contributed by atoms with van der Waals surface area (Å²) in [5, 5.41) is 17.1. The Morgan fingerprint density at radius 1 is 0.500 bits per heavy atom. The van der Waals surface area contributed by atoms with Gasteiger partial charge >= 0.3 is 0 Å². The van der Waals surface area contributed by atoms with Crippen molar-refractivity contribution in [3.63, 3.8) is 0 Å². The van der Waals surface area contributed by atoms with Crippen LogP contribution in [-0.4, -0.2) is 9.13 Å². The summed E-state index contributed by atoms with van der Waals surface area (Å²) in [6, 6.07) is 62.2. The van der Waals surface area contributed by atoms with Crippen LogP contribution >= 0.6 is 0 Å². The van der Waals surface area contributed by atoms with Gasteiger partial charge in [0.2, 0.25) is 5.69 Å². The van der Waals surface area contributed by atoms with Crippen LogP contribution in [0, 0.1) is 17.9 Å². The van der Waals surface area contributed by atoms with Crippen molar-refractivity contribution in [3.05, 3.63) is 193 Å². The second kappa shape index (κ2) is 12.2. The van der Waals surface area contributed by atoms with Gasteiger partial charge < -0.3 is 18.5 Å². The molecule has 0 aliphatic heterocycles. The molecule has 0 saturated carbocycles. The van der Waals surface area contributed by atoms with Crippen molar-refractivity contribution in [1.29, 1.82) is 5.26 Å². The van der Waals surface area contributed by atoms with Crippen molar-refractivity contribution in [2.45, 2.75) is 0 Å². The zero-order valence-electron chi connectivity index (χ0n) is 29.9. The highest BCUT2D eigenvalue weighted by Gasteiger charge is 2.24. The molecule has 0 spiro atoms. The van der Waals surface area contributed by atoms with E-state index in [1.165, 1.54) is 0 Å². The topological polar surface area (TPSA) is 54.4 Å². The summed E-state index contributed by atoms with van der Waals surface area (Å²) < 4.78 is 10.9. The van der Waals surface area contributed by atoms with E-state index in [4.69, 9.17) is 11.0 Å². The van der Waals surface area contributed by atoms with E-state index in [0.717, 1.165) is 82.6 Å². The fourth-order valence-electron chi connectivity index (χ4n) is 8.57. The molecule has 56 heavy (non-hydrogen) atoms. The van der Waals surface area contributed by atoms with Crippen LogP contribution in [-0.2, 0) is 0 Å². The summed E-state index contributed by atoms with van der Waals surface area (Å²) >= 11 is 0. The first-order valence-electron chi connectivity index (χ1n) is 18.4. The number of benzene rings is 8. The number of hydrogen-bond donors (Lipinski definition) is 0. The van der Waals surface area contributed by atoms with Gasteiger partial charge in [-0.15, -0.1) is 0 Å². The Morgan fingerprint density at radius 2 is 1.07 bits per heavy atom. The van der Waals surface area contributed by atoms with E-state index in [1.807, 2.05) is 66.7 Å². The smallest absolute Gasteiger partial charge is 0.212 e. The van der Waals surface area contributed by atoms with Crippen LogP contribution in [0.5, 0.6) is 0 Å². The van der Waals surface area contributed by atoms with E-state index in [0.29, 0.717) is 22.6 Å². The van der Waals surface area contributed by atoms with Gasteiger partial charge in [0.25, 0.3) is 0 Å². The molecule has 0 aliphatic carbocycles. The molecule has 0 bridgehead atoms. The minimum atomic E-state index is 0.446. The molecule has 3 aromatic heterocycles. The molecule has 11 rings (SSSR count). The summed E-state index contributed by atoms with van der Waals surface area (Å²) in [5.74, 6) is 0. The SMILES string of the molecule is [C-]#[N+]c1cc(-n2c3ccc(N(c4ccccc4)c4ccccc4)cc3c3c4oc5ccccc5c4ccc32)c(C#N)cc1-n1c2ccccc2c2ccccc21. The van der Waals surface area contributed by atoms with Gasteiger partial charge in [-0.1, -0.05) is 91.0 Å². The van der Waals surface area contributed by atoms with E-state index in [9.17, 15) is 5.26 Å². The van der Waals surface area contributed by atoms with Gasteiger partial charge in [-0.25, -0.2) is 4.85 Å². The number of anilines is 3. The molecule has 0 N–H and O–H groups in total. The fourth-order valence-corrected chi connectivity index (χ4v) is 8.57. The van der Waals surface area contributed by atoms with Gasteiger partial charge in [0.15, 0.2) is 0 Å². The van der Waals surface area contributed by atoms with Crippen molar-refractivity contribution < 1.29 is 4.42 Å². The molecule has 0 unspecified atom stereocenters. The molecule has 0 amide bonds. The number of hydrogen-bond acceptors (Lipinski definition) is 3. The Kier molecular flexibility index (Phi) is 6.88. The second-order valence-electron chi connectivity index (χ2n) is 13.9. The largest absolute Gasteiger partial charge is 0.455 e. The molecular formula is C50H29N5O. The van der Waals surface area contributed by atoms with E-state index in [2.05, 4.69) is 134 Å². The highest BCUT2D eigenvalue weighted by atomic mass is 16.3. The molecule has 0 aliphatic rings. The maximum Gasteiger partial charge on any atom is 0.212 e. The number of nitriles is 1. The minimum absolute atomic E-state index is 0.446. The average Bonchev–Trinajstić information content (AvgIpc) is 3.91. The lowest BCUT2D eigenvalue weighted by atomic mass is 10.1. The third-order valence-corrected chi connectivity index (χ3v) is 10.9. The predicted octanol–water partition coefficient (Wildman–Crippen LogP) is 13.7. The lowest BCUT2D eigenvalue weighted by molar-refractivity contribution is 0.673. The fraction of sp³-hybridized carbons (Fsp3) is 0. The molecule has 0 radical (unpaired) electrons. The third kappa shape index (κ3) is 4.54. The Balaban J connectivity index is 1.22. The lowest BCUT2D eigenvalue weighted by Crippen LogP contribution is -2.09. The number of fused-ring (bicyclic) bond motifs is 10. The highest BCUT2D eigenvalue weighted by molar-refractivity contribution is 6.24. The van der Waals surface area contributed by atoms with Crippen molar-refractivity contribution >= 4 is 88.3 Å². The summed E-state index contributed by atoms with van der Waals surface area (Å²) in [7, 11) is 0. The van der Waals surface area contributed by atoms with E-state index < -0.39 is 0 Å². The minimum Gasteiger partial charge on any atom is -0.455 e. The number of aromatic nitrogens is 2. The first kappa shape index (κ1) is 31.5. The van der Waals surface area contributed by atoms with Crippen molar-refractivity contribution in [2.24, 2.45) is 0 Å². The summed E-state index contributed by atoms with van der Waals surface area (Å²) in [5.41, 5.74) is 10.6. The maximum atomic E-state index is 10.9. The van der Waals surface area contributed by atoms with Crippen molar-refractivity contribution in [2.75, 3.05) is 4.90 Å². The third-order valence-electron chi connectivity index (χ3n) is 10.9. The molecule has 0 saturated heterocycles. The molecule has 6 nitrogen and oxygen atoms in total. The Hall–Kier alpha value is -8.06. The van der Waals surface area contributed by atoms with E-state index in [1.54, 1.807) is 0 Å². The number of para-hydroxylation sites is 5. The van der Waals surface area contributed by atoms with Crippen molar-refractivity contribution in [1.82, 2.24) is 9.13 Å². The number of nitrogens with zero attached hydrogens (tertiary/aromatic N) is 5. The first-order chi connectivity index (χ1) is 27.7.